The minimum absolute atomic E-state index is 0.196. The second-order valence-electron chi connectivity index (χ2n) is 4.70. The number of aryl methyl sites for hydroxylation is 1. The summed E-state index contributed by atoms with van der Waals surface area (Å²) >= 11 is 0. The summed E-state index contributed by atoms with van der Waals surface area (Å²) in [6.07, 6.45) is -4.07. The van der Waals surface area contributed by atoms with Crippen LogP contribution in [0.4, 0.5) is 0 Å². The fourth-order valence-electron chi connectivity index (χ4n) is 1.99. The van der Waals surface area contributed by atoms with Crippen molar-refractivity contribution < 1.29 is 29.9 Å². The van der Waals surface area contributed by atoms with Crippen molar-refractivity contribution in [2.75, 3.05) is 13.2 Å². The molecule has 0 bridgehead atoms. The number of aliphatic hydroxyl groups is 4. The van der Waals surface area contributed by atoms with Crippen molar-refractivity contribution in [3.63, 3.8) is 0 Å². The lowest BCUT2D eigenvalue weighted by Gasteiger charge is -2.39. The van der Waals surface area contributed by atoms with Crippen LogP contribution in [0, 0.1) is 0 Å². The minimum atomic E-state index is -1.43. The molecule has 1 aliphatic rings. The van der Waals surface area contributed by atoms with Crippen molar-refractivity contribution in [1.82, 2.24) is 15.0 Å². The van der Waals surface area contributed by atoms with Gasteiger partial charge in [0.2, 0.25) is 0 Å². The molecule has 1 saturated heterocycles. The maximum atomic E-state index is 9.75. The Morgan fingerprint density at radius 2 is 2.05 bits per heavy atom. The van der Waals surface area contributed by atoms with E-state index in [9.17, 15) is 15.3 Å². The van der Waals surface area contributed by atoms with Crippen LogP contribution in [0.5, 0.6) is 0 Å². The Kier molecular flexibility index (Phi) is 5.02. The summed E-state index contributed by atoms with van der Waals surface area (Å²) < 4.78 is 12.1. The highest BCUT2D eigenvalue weighted by atomic mass is 16.7. The van der Waals surface area contributed by atoms with Crippen LogP contribution >= 0.6 is 0 Å². The molecule has 2 heterocycles. The quantitative estimate of drug-likeness (QED) is 0.456. The van der Waals surface area contributed by atoms with Gasteiger partial charge in [-0.25, -0.2) is 0 Å². The Balaban J connectivity index is 1.85. The van der Waals surface area contributed by atoms with Crippen molar-refractivity contribution in [3.05, 3.63) is 11.9 Å². The monoisotopic (exact) mass is 289 g/mol. The molecule has 1 fully saturated rings. The van der Waals surface area contributed by atoms with E-state index < -0.39 is 37.3 Å². The number of aromatic nitrogens is 3. The van der Waals surface area contributed by atoms with Gasteiger partial charge in [-0.2, -0.15) is 0 Å². The predicted molar refractivity (Wildman–Crippen MR) is 64.4 cm³/mol. The van der Waals surface area contributed by atoms with Gasteiger partial charge in [0.1, 0.15) is 24.4 Å². The smallest absolute Gasteiger partial charge is 0.186 e. The normalized spacial score (nSPS) is 34.4. The number of rotatable bonds is 5. The maximum Gasteiger partial charge on any atom is 0.186 e. The van der Waals surface area contributed by atoms with E-state index in [1.54, 1.807) is 17.9 Å². The van der Waals surface area contributed by atoms with Gasteiger partial charge >= 0.3 is 0 Å². The molecule has 5 atom stereocenters. The Morgan fingerprint density at radius 3 is 2.65 bits per heavy atom. The molecule has 0 radical (unpaired) electrons. The molecule has 1 aromatic rings. The van der Waals surface area contributed by atoms with Gasteiger partial charge in [0, 0.05) is 19.7 Å². The maximum absolute atomic E-state index is 9.75. The van der Waals surface area contributed by atoms with Gasteiger partial charge in [-0.15, -0.1) is 5.10 Å². The third kappa shape index (κ3) is 3.32. The third-order valence-corrected chi connectivity index (χ3v) is 3.14. The van der Waals surface area contributed by atoms with Crippen molar-refractivity contribution in [2.24, 2.45) is 7.05 Å². The first-order valence-electron chi connectivity index (χ1n) is 6.30. The zero-order valence-corrected chi connectivity index (χ0v) is 11.0. The molecule has 9 heteroatoms. The van der Waals surface area contributed by atoms with Crippen molar-refractivity contribution in [3.8, 4) is 0 Å². The first-order valence-corrected chi connectivity index (χ1v) is 6.30. The molecule has 4 N–H and O–H groups in total. The highest BCUT2D eigenvalue weighted by molar-refractivity contribution is 4.92. The zero-order chi connectivity index (χ0) is 14.7. The number of aliphatic hydroxyl groups excluding tert-OH is 4. The van der Waals surface area contributed by atoms with E-state index in [2.05, 4.69) is 10.3 Å². The van der Waals surface area contributed by atoms with E-state index in [0.717, 1.165) is 5.69 Å². The van der Waals surface area contributed by atoms with E-state index in [1.165, 1.54) is 0 Å². The summed E-state index contributed by atoms with van der Waals surface area (Å²) in [4.78, 5) is 0. The standard InChI is InChI=1S/C11H19N3O6/c1-14-4-6(12-13-14)2-3-19-11-10(18)9(17)8(16)7(5-15)20-11/h4,7-11,15-18H,2-3,5H2,1H3/t7-,8-,9+,10-,11-/m1/s1. The molecule has 0 aromatic carbocycles. The molecule has 9 nitrogen and oxygen atoms in total. The van der Waals surface area contributed by atoms with Gasteiger partial charge in [0.25, 0.3) is 0 Å². The molecule has 114 valence electrons. The highest BCUT2D eigenvalue weighted by Crippen LogP contribution is 2.21. The molecule has 0 unspecified atom stereocenters. The van der Waals surface area contributed by atoms with Crippen molar-refractivity contribution in [2.45, 2.75) is 37.1 Å². The minimum Gasteiger partial charge on any atom is -0.394 e. The summed E-state index contributed by atoms with van der Waals surface area (Å²) in [5.41, 5.74) is 0.720. The molecular formula is C11H19N3O6. The summed E-state index contributed by atoms with van der Waals surface area (Å²) in [5, 5.41) is 45.6. The van der Waals surface area contributed by atoms with E-state index in [1.807, 2.05) is 0 Å². The SMILES string of the molecule is Cn1cc(CCO[C@@H]2O[C@H](CO)[C@@H](O)[C@H](O)[C@H]2O)nn1. The topological polar surface area (TPSA) is 130 Å². The van der Waals surface area contributed by atoms with E-state index in [-0.39, 0.29) is 6.61 Å². The molecule has 1 aliphatic heterocycles. The molecule has 0 amide bonds. The number of hydrogen-bond acceptors (Lipinski definition) is 8. The van der Waals surface area contributed by atoms with Gasteiger partial charge < -0.3 is 29.9 Å². The number of hydrogen-bond donors (Lipinski definition) is 4. The van der Waals surface area contributed by atoms with Gasteiger partial charge in [0.15, 0.2) is 6.29 Å². The Bertz CT molecular complexity index is 426. The Morgan fingerprint density at radius 1 is 1.30 bits per heavy atom. The fraction of sp³-hybridized carbons (Fsp3) is 0.818. The van der Waals surface area contributed by atoms with Crippen LogP contribution in [0.2, 0.25) is 0 Å². The first kappa shape index (κ1) is 15.3. The van der Waals surface area contributed by atoms with Gasteiger partial charge in [0.05, 0.1) is 18.9 Å². The molecule has 20 heavy (non-hydrogen) atoms. The van der Waals surface area contributed by atoms with Crippen LogP contribution < -0.4 is 0 Å². The number of nitrogens with zero attached hydrogens (tertiary/aromatic N) is 3. The highest BCUT2D eigenvalue weighted by Gasteiger charge is 2.43. The van der Waals surface area contributed by atoms with Gasteiger partial charge in [-0.05, 0) is 0 Å². The molecule has 0 saturated carbocycles. The number of ether oxygens (including phenoxy) is 2. The Hall–Kier alpha value is -1.10. The lowest BCUT2D eigenvalue weighted by Crippen LogP contribution is -2.59. The molecule has 2 rings (SSSR count). The van der Waals surface area contributed by atoms with Crippen LogP contribution in [-0.2, 0) is 22.9 Å². The van der Waals surface area contributed by atoms with Gasteiger partial charge in [-0.3, -0.25) is 4.68 Å². The average molecular weight is 289 g/mol. The van der Waals surface area contributed by atoms with Crippen LogP contribution in [0.3, 0.4) is 0 Å². The molecule has 0 spiro atoms. The lowest BCUT2D eigenvalue weighted by atomic mass is 9.99. The largest absolute Gasteiger partial charge is 0.394 e. The van der Waals surface area contributed by atoms with Crippen LogP contribution in [0.15, 0.2) is 6.20 Å². The second-order valence-corrected chi connectivity index (χ2v) is 4.70. The average Bonchev–Trinajstić information content (AvgIpc) is 2.84. The van der Waals surface area contributed by atoms with E-state index >= 15 is 0 Å². The summed E-state index contributed by atoms with van der Waals surface area (Å²) in [5.74, 6) is 0. The summed E-state index contributed by atoms with van der Waals surface area (Å²) in [6.45, 7) is -0.281. The van der Waals surface area contributed by atoms with E-state index in [0.29, 0.717) is 6.42 Å². The molecular weight excluding hydrogens is 270 g/mol. The predicted octanol–water partition coefficient (Wildman–Crippen LogP) is -2.83. The van der Waals surface area contributed by atoms with Crippen LogP contribution in [0.1, 0.15) is 5.69 Å². The van der Waals surface area contributed by atoms with Gasteiger partial charge in [-0.1, -0.05) is 5.21 Å². The molecule has 1 aromatic heterocycles. The second kappa shape index (κ2) is 6.57. The van der Waals surface area contributed by atoms with Crippen molar-refractivity contribution in [1.29, 1.82) is 0 Å². The molecule has 0 aliphatic carbocycles. The summed E-state index contributed by atoms with van der Waals surface area (Å²) in [7, 11) is 1.74. The van der Waals surface area contributed by atoms with Crippen molar-refractivity contribution >= 4 is 0 Å². The lowest BCUT2D eigenvalue weighted by molar-refractivity contribution is -0.300. The van der Waals surface area contributed by atoms with Crippen LogP contribution in [0.25, 0.3) is 0 Å². The zero-order valence-electron chi connectivity index (χ0n) is 11.0. The Labute approximate surface area is 115 Å². The fourth-order valence-corrected chi connectivity index (χ4v) is 1.99. The third-order valence-electron chi connectivity index (χ3n) is 3.14. The first-order chi connectivity index (χ1) is 9.52. The summed E-state index contributed by atoms with van der Waals surface area (Å²) in [6, 6.07) is 0. The van der Waals surface area contributed by atoms with Crippen LogP contribution in [-0.4, -0.2) is 79.3 Å². The van der Waals surface area contributed by atoms with E-state index in [4.69, 9.17) is 14.6 Å².